The zero-order chi connectivity index (χ0) is 13.0. The molecule has 2 rings (SSSR count). The lowest BCUT2D eigenvalue weighted by atomic mass is 10.0. The molecule has 0 radical (unpaired) electrons. The molecule has 0 spiro atoms. The topological polar surface area (TPSA) is 28.2 Å². The lowest BCUT2D eigenvalue weighted by Gasteiger charge is -2.32. The first-order valence-electron chi connectivity index (χ1n) is 6.97. The third-order valence-electron chi connectivity index (χ3n) is 3.67. The Balaban J connectivity index is 2.03. The van der Waals surface area contributed by atoms with Crippen molar-refractivity contribution in [3.05, 3.63) is 29.6 Å². The molecular weight excluding hydrogens is 222 g/mol. The Hall–Kier alpha value is -0.930. The summed E-state index contributed by atoms with van der Waals surface area (Å²) in [5.74, 6) is 1.43. The molecule has 0 saturated carbocycles. The molecule has 0 amide bonds. The molecule has 1 saturated heterocycles. The number of nitrogens with one attached hydrogen (secondary N) is 1. The minimum absolute atomic E-state index is 0.717. The van der Waals surface area contributed by atoms with Crippen molar-refractivity contribution < 1.29 is 0 Å². The van der Waals surface area contributed by atoms with Gasteiger partial charge in [-0.15, -0.1) is 0 Å². The zero-order valence-electron chi connectivity index (χ0n) is 11.8. The molecule has 100 valence electrons. The summed E-state index contributed by atoms with van der Waals surface area (Å²) in [4.78, 5) is 6.84. The summed E-state index contributed by atoms with van der Waals surface area (Å²) < 4.78 is 0. The van der Waals surface area contributed by atoms with Crippen LogP contribution >= 0.6 is 0 Å². The molecule has 3 heteroatoms. The van der Waals surface area contributed by atoms with Crippen LogP contribution in [0, 0.1) is 18.8 Å². The smallest absolute Gasteiger partial charge is 0.0315 e. The highest BCUT2D eigenvalue weighted by molar-refractivity contribution is 5.21. The summed E-state index contributed by atoms with van der Waals surface area (Å²) >= 11 is 0. The molecule has 18 heavy (non-hydrogen) atoms. The van der Waals surface area contributed by atoms with E-state index in [1.807, 2.05) is 12.4 Å². The predicted octanol–water partition coefficient (Wildman–Crippen LogP) is 2.07. The van der Waals surface area contributed by atoms with Gasteiger partial charge in [-0.25, -0.2) is 0 Å². The Kier molecular flexibility index (Phi) is 4.72. The van der Waals surface area contributed by atoms with E-state index in [-0.39, 0.29) is 0 Å². The second-order valence-corrected chi connectivity index (χ2v) is 5.86. The molecule has 1 aromatic rings. The largest absolute Gasteiger partial charge is 0.316 e. The lowest BCUT2D eigenvalue weighted by molar-refractivity contribution is 0.178. The molecule has 2 unspecified atom stereocenters. The monoisotopic (exact) mass is 247 g/mol. The molecule has 0 bridgehead atoms. The molecule has 1 aliphatic rings. The Morgan fingerprint density at radius 2 is 1.94 bits per heavy atom. The molecule has 1 N–H and O–H groups in total. The zero-order valence-corrected chi connectivity index (χ0v) is 11.8. The average Bonchev–Trinajstić information content (AvgIpc) is 2.30. The SMILES string of the molecule is Cc1ccncc1CN1CC(C)CNCC(C)C1. The first-order chi connectivity index (χ1) is 8.65. The fraction of sp³-hybridized carbons (Fsp3) is 0.667. The summed E-state index contributed by atoms with van der Waals surface area (Å²) in [5, 5.41) is 3.54. The summed E-state index contributed by atoms with van der Waals surface area (Å²) in [6.07, 6.45) is 3.89. The summed E-state index contributed by atoms with van der Waals surface area (Å²) in [7, 11) is 0. The lowest BCUT2D eigenvalue weighted by Crippen LogP contribution is -2.42. The maximum absolute atomic E-state index is 4.25. The van der Waals surface area contributed by atoms with Crippen LogP contribution in [0.3, 0.4) is 0 Å². The number of aryl methyl sites for hydroxylation is 1. The summed E-state index contributed by atoms with van der Waals surface area (Å²) in [6, 6.07) is 2.10. The summed E-state index contributed by atoms with van der Waals surface area (Å²) in [5.41, 5.74) is 2.72. The second kappa shape index (κ2) is 6.30. The Morgan fingerprint density at radius 3 is 2.56 bits per heavy atom. The van der Waals surface area contributed by atoms with Gasteiger partial charge in [0.15, 0.2) is 0 Å². The van der Waals surface area contributed by atoms with Crippen LogP contribution in [0.15, 0.2) is 18.5 Å². The molecule has 2 heterocycles. The molecule has 2 atom stereocenters. The number of aromatic nitrogens is 1. The van der Waals surface area contributed by atoms with Crippen molar-refractivity contribution in [3.8, 4) is 0 Å². The molecular formula is C15H25N3. The van der Waals surface area contributed by atoms with Crippen molar-refractivity contribution in [2.24, 2.45) is 11.8 Å². The van der Waals surface area contributed by atoms with E-state index < -0.39 is 0 Å². The molecule has 0 aromatic carbocycles. The van der Waals surface area contributed by atoms with Gasteiger partial charge in [-0.1, -0.05) is 13.8 Å². The van der Waals surface area contributed by atoms with E-state index in [4.69, 9.17) is 0 Å². The normalized spacial score (nSPS) is 26.6. The average molecular weight is 247 g/mol. The van der Waals surface area contributed by atoms with Crippen LogP contribution in [-0.4, -0.2) is 36.1 Å². The van der Waals surface area contributed by atoms with Gasteiger partial charge < -0.3 is 5.32 Å². The number of pyridine rings is 1. The third-order valence-corrected chi connectivity index (χ3v) is 3.67. The van der Waals surface area contributed by atoms with Crippen molar-refractivity contribution >= 4 is 0 Å². The van der Waals surface area contributed by atoms with Crippen molar-refractivity contribution in [1.29, 1.82) is 0 Å². The van der Waals surface area contributed by atoms with Crippen LogP contribution in [0.2, 0.25) is 0 Å². The highest BCUT2D eigenvalue weighted by Gasteiger charge is 2.17. The van der Waals surface area contributed by atoms with E-state index in [0.717, 1.165) is 31.5 Å². The molecule has 1 fully saturated rings. The van der Waals surface area contributed by atoms with Gasteiger partial charge in [0.25, 0.3) is 0 Å². The van der Waals surface area contributed by atoms with Crippen molar-refractivity contribution in [1.82, 2.24) is 15.2 Å². The first-order valence-corrected chi connectivity index (χ1v) is 6.97. The van der Waals surface area contributed by atoms with Gasteiger partial charge in [0.1, 0.15) is 0 Å². The molecule has 1 aromatic heterocycles. The van der Waals surface area contributed by atoms with Gasteiger partial charge in [0, 0.05) is 32.0 Å². The van der Waals surface area contributed by atoms with Gasteiger partial charge in [0.2, 0.25) is 0 Å². The van der Waals surface area contributed by atoms with E-state index in [0.29, 0.717) is 0 Å². The Labute approximate surface area is 111 Å². The van der Waals surface area contributed by atoms with E-state index in [1.54, 1.807) is 0 Å². The summed E-state index contributed by atoms with van der Waals surface area (Å²) in [6.45, 7) is 12.5. The Morgan fingerprint density at radius 1 is 1.28 bits per heavy atom. The molecule has 3 nitrogen and oxygen atoms in total. The predicted molar refractivity (Wildman–Crippen MR) is 75.4 cm³/mol. The van der Waals surface area contributed by atoms with Crippen LogP contribution in [-0.2, 0) is 6.54 Å². The fourth-order valence-corrected chi connectivity index (χ4v) is 2.69. The van der Waals surface area contributed by atoms with Crippen molar-refractivity contribution in [2.45, 2.75) is 27.3 Å². The second-order valence-electron chi connectivity index (χ2n) is 5.86. The number of nitrogens with zero attached hydrogens (tertiary/aromatic N) is 2. The quantitative estimate of drug-likeness (QED) is 0.867. The van der Waals surface area contributed by atoms with Crippen LogP contribution < -0.4 is 5.32 Å². The fourth-order valence-electron chi connectivity index (χ4n) is 2.69. The van der Waals surface area contributed by atoms with Crippen LogP contribution in [0.1, 0.15) is 25.0 Å². The maximum atomic E-state index is 4.25. The van der Waals surface area contributed by atoms with E-state index in [2.05, 4.69) is 42.0 Å². The van der Waals surface area contributed by atoms with Crippen LogP contribution in [0.5, 0.6) is 0 Å². The number of hydrogen-bond donors (Lipinski definition) is 1. The van der Waals surface area contributed by atoms with E-state index >= 15 is 0 Å². The minimum atomic E-state index is 0.717. The van der Waals surface area contributed by atoms with Gasteiger partial charge in [-0.2, -0.15) is 0 Å². The highest BCUT2D eigenvalue weighted by atomic mass is 15.1. The Bertz CT molecular complexity index is 366. The van der Waals surface area contributed by atoms with Crippen LogP contribution in [0.4, 0.5) is 0 Å². The molecule has 0 aliphatic carbocycles. The first kappa shape index (κ1) is 13.5. The van der Waals surface area contributed by atoms with Gasteiger partial charge >= 0.3 is 0 Å². The third kappa shape index (κ3) is 3.79. The number of hydrogen-bond acceptors (Lipinski definition) is 3. The maximum Gasteiger partial charge on any atom is 0.0315 e. The molecule has 1 aliphatic heterocycles. The van der Waals surface area contributed by atoms with E-state index in [1.165, 1.54) is 24.2 Å². The minimum Gasteiger partial charge on any atom is -0.316 e. The standard InChI is InChI=1S/C15H25N3/c1-12-6-17-7-13(2)10-18(9-12)11-15-8-16-5-4-14(15)3/h4-5,8,12-13,17H,6-7,9-11H2,1-3H3. The van der Waals surface area contributed by atoms with Crippen molar-refractivity contribution in [2.75, 3.05) is 26.2 Å². The van der Waals surface area contributed by atoms with Gasteiger partial charge in [-0.05, 0) is 49.0 Å². The highest BCUT2D eigenvalue weighted by Crippen LogP contribution is 2.14. The van der Waals surface area contributed by atoms with Crippen LogP contribution in [0.25, 0.3) is 0 Å². The van der Waals surface area contributed by atoms with Crippen molar-refractivity contribution in [3.63, 3.8) is 0 Å². The van der Waals surface area contributed by atoms with Gasteiger partial charge in [0.05, 0.1) is 0 Å². The number of rotatable bonds is 2. The van der Waals surface area contributed by atoms with Gasteiger partial charge in [-0.3, -0.25) is 9.88 Å². The van der Waals surface area contributed by atoms with E-state index in [9.17, 15) is 0 Å².